The molecule has 5 rings (SSSR count). The number of nitrogens with one attached hydrogen (secondary N) is 1. The molecule has 186 valence electrons. The summed E-state index contributed by atoms with van der Waals surface area (Å²) in [5, 5.41) is 8.76. The van der Waals surface area contributed by atoms with E-state index in [1.165, 1.54) is 25.8 Å². The topological polar surface area (TPSA) is 70.8 Å². The number of piperazine rings is 1. The first-order chi connectivity index (χ1) is 16.7. The molecule has 2 saturated carbocycles. The van der Waals surface area contributed by atoms with Gasteiger partial charge < -0.3 is 19.5 Å². The molecule has 2 heterocycles. The third kappa shape index (κ3) is 5.74. The van der Waals surface area contributed by atoms with Crippen LogP contribution < -0.4 is 10.2 Å². The van der Waals surface area contributed by atoms with Crippen molar-refractivity contribution in [2.75, 3.05) is 44.7 Å². The maximum Gasteiger partial charge on any atom is 0.220 e. The SMILES string of the molecule is CO[C@H]1CC[C@H](CC(=O)NC2CCC(CCN3CCN(c4noc5ccccc45)CC3)CC2)C1. The Hall–Kier alpha value is -2.12. The van der Waals surface area contributed by atoms with Gasteiger partial charge in [-0.3, -0.25) is 9.69 Å². The number of para-hydroxylation sites is 1. The molecule has 1 amide bonds. The van der Waals surface area contributed by atoms with Crippen LogP contribution in [0.5, 0.6) is 0 Å². The number of carbonyl (C=O) groups is 1. The van der Waals surface area contributed by atoms with Crippen molar-refractivity contribution in [1.29, 1.82) is 0 Å². The largest absolute Gasteiger partial charge is 0.381 e. The Morgan fingerprint density at radius 2 is 1.82 bits per heavy atom. The van der Waals surface area contributed by atoms with Crippen molar-refractivity contribution in [1.82, 2.24) is 15.4 Å². The Labute approximate surface area is 203 Å². The number of nitrogens with zero attached hydrogens (tertiary/aromatic N) is 3. The highest BCUT2D eigenvalue weighted by atomic mass is 16.5. The first-order valence-corrected chi connectivity index (χ1v) is 13.3. The van der Waals surface area contributed by atoms with Gasteiger partial charge in [-0.05, 0) is 81.9 Å². The van der Waals surface area contributed by atoms with Gasteiger partial charge in [0.1, 0.15) is 0 Å². The zero-order chi connectivity index (χ0) is 23.3. The quantitative estimate of drug-likeness (QED) is 0.626. The molecule has 0 spiro atoms. The van der Waals surface area contributed by atoms with Gasteiger partial charge in [-0.1, -0.05) is 17.3 Å². The fraction of sp³-hybridized carbons (Fsp3) is 0.704. The Balaban J connectivity index is 0.978. The molecular weight excluding hydrogens is 428 g/mol. The van der Waals surface area contributed by atoms with Gasteiger partial charge in [0.2, 0.25) is 5.91 Å². The lowest BCUT2D eigenvalue weighted by atomic mass is 9.84. The van der Waals surface area contributed by atoms with Crippen LogP contribution in [0.15, 0.2) is 28.8 Å². The number of benzene rings is 1. The van der Waals surface area contributed by atoms with E-state index in [2.05, 4.69) is 26.3 Å². The van der Waals surface area contributed by atoms with Crippen LogP contribution in [0.25, 0.3) is 11.0 Å². The number of aromatic nitrogens is 1. The van der Waals surface area contributed by atoms with Gasteiger partial charge >= 0.3 is 0 Å². The lowest BCUT2D eigenvalue weighted by Gasteiger charge is -2.36. The molecule has 1 aromatic carbocycles. The lowest BCUT2D eigenvalue weighted by Crippen LogP contribution is -2.47. The van der Waals surface area contributed by atoms with Crippen LogP contribution in [0.1, 0.15) is 57.8 Å². The minimum absolute atomic E-state index is 0.253. The Morgan fingerprint density at radius 3 is 2.59 bits per heavy atom. The number of fused-ring (bicyclic) bond motifs is 1. The van der Waals surface area contributed by atoms with Gasteiger partial charge in [0.05, 0.1) is 11.5 Å². The van der Waals surface area contributed by atoms with E-state index in [0.717, 1.165) is 81.0 Å². The molecular formula is C27H40N4O3. The second kappa shape index (κ2) is 11.1. The standard InChI is InChI=1S/C27H40N4O3/c1-33-23-11-8-21(18-23)19-26(32)28-22-9-6-20(7-10-22)12-13-30-14-16-31(17-15-30)27-24-4-2-3-5-25(24)34-29-27/h2-5,20-23H,6-19H2,1H3,(H,28,32)/t20?,21-,22?,23-/m0/s1. The molecule has 1 aliphatic heterocycles. The predicted molar refractivity (Wildman–Crippen MR) is 134 cm³/mol. The molecule has 2 aromatic rings. The molecule has 0 unspecified atom stereocenters. The third-order valence-corrected chi connectivity index (χ3v) is 8.40. The van der Waals surface area contributed by atoms with Crippen molar-refractivity contribution in [3.05, 3.63) is 24.3 Å². The second-order valence-electron chi connectivity index (χ2n) is 10.6. The number of methoxy groups -OCH3 is 1. The Morgan fingerprint density at radius 1 is 1.06 bits per heavy atom. The van der Waals surface area contributed by atoms with Crippen molar-refractivity contribution in [2.24, 2.45) is 11.8 Å². The van der Waals surface area contributed by atoms with Crippen molar-refractivity contribution >= 4 is 22.7 Å². The monoisotopic (exact) mass is 468 g/mol. The van der Waals surface area contributed by atoms with E-state index in [-0.39, 0.29) is 5.91 Å². The first-order valence-electron chi connectivity index (χ1n) is 13.3. The van der Waals surface area contributed by atoms with Gasteiger partial charge in [-0.2, -0.15) is 0 Å². The summed E-state index contributed by atoms with van der Waals surface area (Å²) < 4.78 is 10.9. The maximum atomic E-state index is 12.5. The summed E-state index contributed by atoms with van der Waals surface area (Å²) in [6, 6.07) is 8.49. The number of hydrogen-bond acceptors (Lipinski definition) is 6. The fourth-order valence-corrected chi connectivity index (χ4v) is 6.22. The van der Waals surface area contributed by atoms with Crippen LogP contribution >= 0.6 is 0 Å². The molecule has 7 heteroatoms. The summed E-state index contributed by atoms with van der Waals surface area (Å²) in [7, 11) is 1.78. The zero-order valence-corrected chi connectivity index (χ0v) is 20.6. The number of rotatable bonds is 8. The summed E-state index contributed by atoms with van der Waals surface area (Å²) in [5.41, 5.74) is 0.866. The minimum Gasteiger partial charge on any atom is -0.381 e. The van der Waals surface area contributed by atoms with Gasteiger partial charge in [0.15, 0.2) is 11.4 Å². The smallest absolute Gasteiger partial charge is 0.220 e. The van der Waals surface area contributed by atoms with Crippen molar-refractivity contribution in [2.45, 2.75) is 69.9 Å². The van der Waals surface area contributed by atoms with Crippen LogP contribution in [0, 0.1) is 11.8 Å². The minimum atomic E-state index is 0.253. The third-order valence-electron chi connectivity index (χ3n) is 8.40. The number of anilines is 1. The van der Waals surface area contributed by atoms with E-state index in [1.54, 1.807) is 7.11 Å². The Bertz CT molecular complexity index is 931. The molecule has 2 aliphatic carbocycles. The van der Waals surface area contributed by atoms with Crippen molar-refractivity contribution in [3.63, 3.8) is 0 Å². The van der Waals surface area contributed by atoms with Crippen LogP contribution in [0.2, 0.25) is 0 Å². The molecule has 0 radical (unpaired) electrons. The highest BCUT2D eigenvalue weighted by molar-refractivity contribution is 5.88. The molecule has 3 aliphatic rings. The lowest BCUT2D eigenvalue weighted by molar-refractivity contribution is -0.123. The zero-order valence-electron chi connectivity index (χ0n) is 20.6. The average molecular weight is 469 g/mol. The summed E-state index contributed by atoms with van der Waals surface area (Å²) in [6.07, 6.45) is 10.3. The van der Waals surface area contributed by atoms with Gasteiger partial charge in [-0.15, -0.1) is 0 Å². The van der Waals surface area contributed by atoms with E-state index >= 15 is 0 Å². The fourth-order valence-electron chi connectivity index (χ4n) is 6.22. The van der Waals surface area contributed by atoms with E-state index in [0.29, 0.717) is 24.5 Å². The van der Waals surface area contributed by atoms with Crippen LogP contribution in [-0.2, 0) is 9.53 Å². The number of amides is 1. The van der Waals surface area contributed by atoms with Crippen molar-refractivity contribution < 1.29 is 14.1 Å². The van der Waals surface area contributed by atoms with Gasteiger partial charge in [-0.25, -0.2) is 0 Å². The van der Waals surface area contributed by atoms with Gasteiger partial charge in [0.25, 0.3) is 0 Å². The summed E-state index contributed by atoms with van der Waals surface area (Å²) in [5.74, 6) is 2.54. The molecule has 3 fully saturated rings. The molecule has 1 saturated heterocycles. The van der Waals surface area contributed by atoms with E-state index in [4.69, 9.17) is 9.26 Å². The maximum absolute atomic E-state index is 12.5. The molecule has 7 nitrogen and oxygen atoms in total. The summed E-state index contributed by atoms with van der Waals surface area (Å²) in [4.78, 5) is 17.4. The highest BCUT2D eigenvalue weighted by Gasteiger charge is 2.28. The highest BCUT2D eigenvalue weighted by Crippen LogP contribution is 2.31. The van der Waals surface area contributed by atoms with E-state index in [1.807, 2.05) is 18.2 Å². The van der Waals surface area contributed by atoms with Crippen LogP contribution in [0.4, 0.5) is 5.82 Å². The predicted octanol–water partition coefficient (Wildman–Crippen LogP) is 4.22. The van der Waals surface area contributed by atoms with E-state index < -0.39 is 0 Å². The number of carbonyl (C=O) groups excluding carboxylic acids is 1. The van der Waals surface area contributed by atoms with E-state index in [9.17, 15) is 4.79 Å². The molecule has 1 aromatic heterocycles. The van der Waals surface area contributed by atoms with Crippen LogP contribution in [0.3, 0.4) is 0 Å². The average Bonchev–Trinajstić information content (AvgIpc) is 3.51. The normalized spacial score (nSPS) is 28.4. The number of hydrogen-bond donors (Lipinski definition) is 1. The summed E-state index contributed by atoms with van der Waals surface area (Å²) in [6.45, 7) is 5.34. The Kier molecular flexibility index (Phi) is 7.70. The molecule has 2 atom stereocenters. The summed E-state index contributed by atoms with van der Waals surface area (Å²) >= 11 is 0. The van der Waals surface area contributed by atoms with Gasteiger partial charge in [0, 0.05) is 45.8 Å². The molecule has 0 bridgehead atoms. The molecule has 1 N–H and O–H groups in total. The first kappa shape index (κ1) is 23.6. The van der Waals surface area contributed by atoms with Crippen molar-refractivity contribution in [3.8, 4) is 0 Å². The van der Waals surface area contributed by atoms with Crippen LogP contribution in [-0.4, -0.2) is 67.9 Å². The number of ether oxygens (including phenoxy) is 1. The second-order valence-corrected chi connectivity index (χ2v) is 10.6. The molecule has 34 heavy (non-hydrogen) atoms.